The average Bonchev–Trinajstić information content (AvgIpc) is 2.73. The number of carbonyl (C=O) groups is 1. The standard InChI is InChI=1S/C16H27N3O2/c1-12(2)10-13-11-15(21-17-13)16(20)19-8-5-6-14(7-9-19)18(3)4/h11-12,14H,5-10H2,1-4H3/t14-/m0/s1. The highest BCUT2D eigenvalue weighted by Crippen LogP contribution is 2.18. The van der Waals surface area contributed by atoms with Gasteiger partial charge in [-0.3, -0.25) is 4.79 Å². The SMILES string of the molecule is CC(C)Cc1cc(C(=O)N2CCC[C@H](N(C)C)CC2)on1. The lowest BCUT2D eigenvalue weighted by Crippen LogP contribution is -2.33. The van der Waals surface area contributed by atoms with Crippen LogP contribution in [0.3, 0.4) is 0 Å². The van der Waals surface area contributed by atoms with Gasteiger partial charge in [-0.25, -0.2) is 0 Å². The molecule has 0 unspecified atom stereocenters. The zero-order valence-electron chi connectivity index (χ0n) is 13.6. The Bertz CT molecular complexity index is 468. The Labute approximate surface area is 127 Å². The van der Waals surface area contributed by atoms with Gasteiger partial charge in [0.05, 0.1) is 5.69 Å². The first-order chi connectivity index (χ1) is 9.97. The van der Waals surface area contributed by atoms with E-state index in [4.69, 9.17) is 4.52 Å². The lowest BCUT2D eigenvalue weighted by Gasteiger charge is -2.22. The van der Waals surface area contributed by atoms with E-state index in [-0.39, 0.29) is 5.91 Å². The van der Waals surface area contributed by atoms with Crippen LogP contribution in [0, 0.1) is 5.92 Å². The molecule has 1 atom stereocenters. The number of amides is 1. The van der Waals surface area contributed by atoms with E-state index in [2.05, 4.69) is 38.0 Å². The minimum atomic E-state index is -0.0167. The highest BCUT2D eigenvalue weighted by molar-refractivity contribution is 5.91. The third-order valence-electron chi connectivity index (χ3n) is 4.10. The van der Waals surface area contributed by atoms with Crippen LogP contribution in [-0.2, 0) is 6.42 Å². The van der Waals surface area contributed by atoms with Crippen LogP contribution in [0.4, 0.5) is 0 Å². The van der Waals surface area contributed by atoms with Crippen molar-refractivity contribution in [1.82, 2.24) is 15.0 Å². The predicted molar refractivity (Wildman–Crippen MR) is 82.3 cm³/mol. The predicted octanol–water partition coefficient (Wildman–Crippen LogP) is 2.43. The molecular formula is C16H27N3O2. The van der Waals surface area contributed by atoms with Crippen molar-refractivity contribution in [1.29, 1.82) is 0 Å². The molecule has 0 saturated carbocycles. The summed E-state index contributed by atoms with van der Waals surface area (Å²) in [5.74, 6) is 0.878. The van der Waals surface area contributed by atoms with Gasteiger partial charge in [-0.05, 0) is 45.7 Å². The molecule has 1 amide bonds. The van der Waals surface area contributed by atoms with Gasteiger partial charge in [0, 0.05) is 25.2 Å². The van der Waals surface area contributed by atoms with Gasteiger partial charge in [-0.1, -0.05) is 19.0 Å². The number of rotatable bonds is 4. The van der Waals surface area contributed by atoms with E-state index in [1.165, 1.54) is 0 Å². The van der Waals surface area contributed by atoms with Crippen LogP contribution in [0.2, 0.25) is 0 Å². The smallest absolute Gasteiger partial charge is 0.292 e. The normalized spacial score (nSPS) is 20.1. The van der Waals surface area contributed by atoms with Gasteiger partial charge in [0.15, 0.2) is 0 Å². The number of nitrogens with zero attached hydrogens (tertiary/aromatic N) is 3. The van der Waals surface area contributed by atoms with Gasteiger partial charge in [-0.2, -0.15) is 0 Å². The molecule has 118 valence electrons. The second-order valence-corrected chi connectivity index (χ2v) is 6.62. The molecule has 1 saturated heterocycles. The Morgan fingerprint density at radius 1 is 1.43 bits per heavy atom. The van der Waals surface area contributed by atoms with E-state index in [1.807, 2.05) is 4.90 Å². The van der Waals surface area contributed by atoms with E-state index >= 15 is 0 Å². The molecule has 0 spiro atoms. The van der Waals surface area contributed by atoms with Crippen LogP contribution < -0.4 is 0 Å². The number of hydrogen-bond acceptors (Lipinski definition) is 4. The van der Waals surface area contributed by atoms with E-state index in [1.54, 1.807) is 6.07 Å². The Balaban J connectivity index is 1.98. The quantitative estimate of drug-likeness (QED) is 0.855. The van der Waals surface area contributed by atoms with Crippen molar-refractivity contribution in [3.8, 4) is 0 Å². The summed E-state index contributed by atoms with van der Waals surface area (Å²) in [6.45, 7) is 5.87. The second kappa shape index (κ2) is 7.07. The lowest BCUT2D eigenvalue weighted by atomic mass is 10.1. The van der Waals surface area contributed by atoms with E-state index in [0.29, 0.717) is 17.7 Å². The molecule has 21 heavy (non-hydrogen) atoms. The molecule has 1 aliphatic rings. The number of carbonyl (C=O) groups excluding carboxylic acids is 1. The molecule has 1 aromatic heterocycles. The average molecular weight is 293 g/mol. The summed E-state index contributed by atoms with van der Waals surface area (Å²) < 4.78 is 5.24. The maximum absolute atomic E-state index is 12.5. The van der Waals surface area contributed by atoms with Crippen molar-refractivity contribution in [3.63, 3.8) is 0 Å². The highest BCUT2D eigenvalue weighted by atomic mass is 16.5. The molecule has 0 bridgehead atoms. The van der Waals surface area contributed by atoms with E-state index in [0.717, 1.165) is 44.5 Å². The summed E-state index contributed by atoms with van der Waals surface area (Å²) in [6.07, 6.45) is 4.05. The monoisotopic (exact) mass is 293 g/mol. The van der Waals surface area contributed by atoms with E-state index in [9.17, 15) is 4.79 Å². The van der Waals surface area contributed by atoms with Crippen LogP contribution in [0.5, 0.6) is 0 Å². The fourth-order valence-electron chi connectivity index (χ4n) is 2.88. The summed E-state index contributed by atoms with van der Waals surface area (Å²) in [4.78, 5) is 16.7. The Hall–Kier alpha value is -1.36. The maximum Gasteiger partial charge on any atom is 0.292 e. The van der Waals surface area contributed by atoms with Crippen LogP contribution in [0.15, 0.2) is 10.6 Å². The molecule has 5 nitrogen and oxygen atoms in total. The van der Waals surface area contributed by atoms with Crippen molar-refractivity contribution in [2.45, 2.75) is 45.6 Å². The first kappa shape index (κ1) is 16.0. The van der Waals surface area contributed by atoms with Gasteiger partial charge in [-0.15, -0.1) is 0 Å². The summed E-state index contributed by atoms with van der Waals surface area (Å²) >= 11 is 0. The Morgan fingerprint density at radius 3 is 2.86 bits per heavy atom. The fourth-order valence-corrected chi connectivity index (χ4v) is 2.88. The number of hydrogen-bond donors (Lipinski definition) is 0. The molecule has 2 heterocycles. The first-order valence-electron chi connectivity index (χ1n) is 7.88. The topological polar surface area (TPSA) is 49.6 Å². The van der Waals surface area contributed by atoms with Crippen molar-refractivity contribution in [3.05, 3.63) is 17.5 Å². The van der Waals surface area contributed by atoms with E-state index < -0.39 is 0 Å². The zero-order chi connectivity index (χ0) is 15.4. The molecule has 1 aliphatic heterocycles. The van der Waals surface area contributed by atoms with Crippen molar-refractivity contribution < 1.29 is 9.32 Å². The highest BCUT2D eigenvalue weighted by Gasteiger charge is 2.25. The van der Waals surface area contributed by atoms with Gasteiger partial charge in [0.1, 0.15) is 0 Å². The number of aromatic nitrogens is 1. The first-order valence-corrected chi connectivity index (χ1v) is 7.88. The van der Waals surface area contributed by atoms with Crippen LogP contribution in [0.1, 0.15) is 49.4 Å². The second-order valence-electron chi connectivity index (χ2n) is 6.62. The summed E-state index contributed by atoms with van der Waals surface area (Å²) in [6, 6.07) is 2.37. The molecular weight excluding hydrogens is 266 g/mol. The van der Waals surface area contributed by atoms with Gasteiger partial charge >= 0.3 is 0 Å². The number of likely N-dealkylation sites (tertiary alicyclic amines) is 1. The van der Waals surface area contributed by atoms with Gasteiger partial charge in [0.25, 0.3) is 5.91 Å². The Kier molecular flexibility index (Phi) is 5.39. The van der Waals surface area contributed by atoms with Crippen molar-refractivity contribution >= 4 is 5.91 Å². The molecule has 5 heteroatoms. The zero-order valence-corrected chi connectivity index (χ0v) is 13.6. The minimum Gasteiger partial charge on any atom is -0.351 e. The minimum absolute atomic E-state index is 0.0167. The van der Waals surface area contributed by atoms with Crippen LogP contribution >= 0.6 is 0 Å². The molecule has 1 fully saturated rings. The van der Waals surface area contributed by atoms with Crippen LogP contribution in [0.25, 0.3) is 0 Å². The van der Waals surface area contributed by atoms with Gasteiger partial charge in [0.2, 0.25) is 5.76 Å². The van der Waals surface area contributed by atoms with Crippen LogP contribution in [-0.4, -0.2) is 54.1 Å². The summed E-state index contributed by atoms with van der Waals surface area (Å²) in [7, 11) is 4.22. The maximum atomic E-state index is 12.5. The van der Waals surface area contributed by atoms with Crippen molar-refractivity contribution in [2.75, 3.05) is 27.2 Å². The molecule has 2 rings (SSSR count). The lowest BCUT2D eigenvalue weighted by molar-refractivity contribution is 0.0716. The third-order valence-corrected chi connectivity index (χ3v) is 4.10. The Morgan fingerprint density at radius 2 is 2.19 bits per heavy atom. The molecule has 1 aromatic rings. The largest absolute Gasteiger partial charge is 0.351 e. The molecule has 0 aliphatic carbocycles. The summed E-state index contributed by atoms with van der Waals surface area (Å²) in [5, 5.41) is 4.01. The molecule has 0 N–H and O–H groups in total. The fraction of sp³-hybridized carbons (Fsp3) is 0.750. The van der Waals surface area contributed by atoms with Crippen molar-refractivity contribution in [2.24, 2.45) is 5.92 Å². The van der Waals surface area contributed by atoms with Gasteiger partial charge < -0.3 is 14.3 Å². The molecule has 0 aromatic carbocycles. The summed E-state index contributed by atoms with van der Waals surface area (Å²) in [5.41, 5.74) is 0.870. The third kappa shape index (κ3) is 4.30. The molecule has 0 radical (unpaired) electrons.